The Labute approximate surface area is 140 Å². The molecular formula is C17H23BrO4. The highest BCUT2D eigenvalue weighted by atomic mass is 79.9. The maximum atomic E-state index is 11.4. The number of ether oxygens (including phenoxy) is 3. The molecule has 1 aliphatic carbocycles. The van der Waals surface area contributed by atoms with E-state index in [1.165, 1.54) is 11.1 Å². The molecule has 0 N–H and O–H groups in total. The Morgan fingerprint density at radius 3 is 2.86 bits per heavy atom. The normalized spacial score (nSPS) is 18.1. The Hall–Kier alpha value is -0.910. The van der Waals surface area contributed by atoms with Crippen molar-refractivity contribution in [2.24, 2.45) is 0 Å². The van der Waals surface area contributed by atoms with Crippen LogP contribution in [-0.4, -0.2) is 32.4 Å². The van der Waals surface area contributed by atoms with E-state index in [0.717, 1.165) is 23.1 Å². The second kappa shape index (κ2) is 8.09. The van der Waals surface area contributed by atoms with E-state index in [1.807, 2.05) is 6.92 Å². The van der Waals surface area contributed by atoms with Crippen LogP contribution in [0.25, 0.3) is 0 Å². The minimum Gasteiger partial charge on any atom is -0.487 e. The van der Waals surface area contributed by atoms with Gasteiger partial charge < -0.3 is 19.0 Å². The zero-order valence-corrected chi connectivity index (χ0v) is 14.9. The minimum atomic E-state index is -0.377. The second-order valence-corrected chi connectivity index (χ2v) is 6.41. The Balaban J connectivity index is 2.11. The highest BCUT2D eigenvalue weighted by Gasteiger charge is 2.25. The van der Waals surface area contributed by atoms with Crippen molar-refractivity contribution in [3.63, 3.8) is 0 Å². The summed E-state index contributed by atoms with van der Waals surface area (Å²) in [6.07, 6.45) is 2.28. The molecule has 0 amide bonds. The number of benzene rings is 1. The maximum absolute atomic E-state index is 11.4. The average molecular weight is 371 g/mol. The van der Waals surface area contributed by atoms with Crippen LogP contribution >= 0.6 is 15.9 Å². The molecule has 2 atom stereocenters. The number of hydrogen-bond donors (Lipinski definition) is 0. The van der Waals surface area contributed by atoms with Crippen molar-refractivity contribution in [3.05, 3.63) is 27.7 Å². The number of methoxy groups -OCH3 is 1. The Morgan fingerprint density at radius 2 is 2.23 bits per heavy atom. The van der Waals surface area contributed by atoms with Crippen molar-refractivity contribution in [1.82, 2.24) is 0 Å². The van der Waals surface area contributed by atoms with Crippen molar-refractivity contribution >= 4 is 21.7 Å². The van der Waals surface area contributed by atoms with Crippen LogP contribution in [0.15, 0.2) is 16.6 Å². The van der Waals surface area contributed by atoms with Gasteiger partial charge in [-0.15, -0.1) is 0 Å². The van der Waals surface area contributed by atoms with Crippen LogP contribution in [0.2, 0.25) is 0 Å². The van der Waals surface area contributed by atoms with E-state index in [2.05, 4.69) is 28.1 Å². The predicted molar refractivity (Wildman–Crippen MR) is 88.4 cm³/mol. The number of carbonyl (C=O) groups is 1. The number of hydrogen-bond acceptors (Lipinski definition) is 4. The lowest BCUT2D eigenvalue weighted by atomic mass is 9.96. The first-order valence-electron chi connectivity index (χ1n) is 7.64. The summed E-state index contributed by atoms with van der Waals surface area (Å²) >= 11 is 3.56. The van der Waals surface area contributed by atoms with Crippen LogP contribution in [-0.2, 0) is 20.7 Å². The summed E-state index contributed by atoms with van der Waals surface area (Å²) in [7, 11) is 1.60. The van der Waals surface area contributed by atoms with Gasteiger partial charge in [-0.3, -0.25) is 0 Å². The molecule has 1 aromatic carbocycles. The molecule has 2 rings (SSSR count). The number of fused-ring (bicyclic) bond motifs is 1. The van der Waals surface area contributed by atoms with E-state index in [4.69, 9.17) is 14.2 Å². The number of aryl methyl sites for hydroxylation is 1. The molecule has 0 bridgehead atoms. The van der Waals surface area contributed by atoms with Gasteiger partial charge in [-0.05, 0) is 71.8 Å². The van der Waals surface area contributed by atoms with Gasteiger partial charge in [0.25, 0.3) is 0 Å². The van der Waals surface area contributed by atoms with E-state index in [0.29, 0.717) is 25.6 Å². The minimum absolute atomic E-state index is 0.235. The van der Waals surface area contributed by atoms with E-state index in [1.54, 1.807) is 14.0 Å². The Morgan fingerprint density at radius 1 is 1.45 bits per heavy atom. The summed E-state index contributed by atoms with van der Waals surface area (Å²) < 4.78 is 17.4. The van der Waals surface area contributed by atoms with E-state index in [-0.39, 0.29) is 12.1 Å². The first-order valence-corrected chi connectivity index (χ1v) is 8.43. The van der Waals surface area contributed by atoms with Crippen molar-refractivity contribution in [1.29, 1.82) is 0 Å². The monoisotopic (exact) mass is 370 g/mol. The molecular weight excluding hydrogens is 348 g/mol. The van der Waals surface area contributed by atoms with E-state index >= 15 is 0 Å². The lowest BCUT2D eigenvalue weighted by Crippen LogP contribution is -2.23. The smallest absolute Gasteiger partial charge is 0.191 e. The predicted octanol–water partition coefficient (Wildman–Crippen LogP) is 3.85. The third kappa shape index (κ3) is 4.31. The standard InChI is InChI=1S/C17H23BrO4/c1-4-21-17(20-3)10-22-16-9-14-12(7-11(2)19)5-6-13(14)8-15(16)18/h8-9,12,17H,4-7,10H2,1-3H3. The molecule has 0 spiro atoms. The number of carbonyl (C=O) groups excluding carboxylic acids is 1. The molecule has 0 aliphatic heterocycles. The SMILES string of the molecule is CCOC(COc1cc2c(cc1Br)CCC2CC(C)=O)OC. The zero-order chi connectivity index (χ0) is 16.1. The van der Waals surface area contributed by atoms with Gasteiger partial charge in [0.2, 0.25) is 0 Å². The fourth-order valence-electron chi connectivity index (χ4n) is 2.89. The van der Waals surface area contributed by atoms with Crippen LogP contribution in [0.5, 0.6) is 5.75 Å². The molecule has 22 heavy (non-hydrogen) atoms. The van der Waals surface area contributed by atoms with E-state index < -0.39 is 0 Å². The zero-order valence-electron chi connectivity index (χ0n) is 13.4. The summed E-state index contributed by atoms with van der Waals surface area (Å²) in [5.41, 5.74) is 2.54. The molecule has 0 aromatic heterocycles. The van der Waals surface area contributed by atoms with Gasteiger partial charge in [-0.25, -0.2) is 0 Å². The summed E-state index contributed by atoms with van der Waals surface area (Å²) in [4.78, 5) is 11.4. The molecule has 0 saturated carbocycles. The lowest BCUT2D eigenvalue weighted by molar-refractivity contribution is -0.137. The summed E-state index contributed by atoms with van der Waals surface area (Å²) in [5.74, 6) is 1.32. The molecule has 1 aromatic rings. The van der Waals surface area contributed by atoms with Crippen molar-refractivity contribution in [2.45, 2.75) is 45.3 Å². The molecule has 0 fully saturated rings. The van der Waals surface area contributed by atoms with Gasteiger partial charge in [0.1, 0.15) is 18.1 Å². The molecule has 0 heterocycles. The van der Waals surface area contributed by atoms with Crippen molar-refractivity contribution in [3.8, 4) is 5.75 Å². The van der Waals surface area contributed by atoms with Gasteiger partial charge in [-0.2, -0.15) is 0 Å². The number of ketones is 1. The van der Waals surface area contributed by atoms with Gasteiger partial charge in [0.15, 0.2) is 6.29 Å². The first kappa shape index (κ1) is 17.4. The Kier molecular flexibility index (Phi) is 6.41. The summed E-state index contributed by atoms with van der Waals surface area (Å²) in [6, 6.07) is 4.16. The lowest BCUT2D eigenvalue weighted by Gasteiger charge is -2.18. The molecule has 0 saturated heterocycles. The van der Waals surface area contributed by atoms with Gasteiger partial charge in [0, 0.05) is 20.1 Å². The van der Waals surface area contributed by atoms with Gasteiger partial charge >= 0.3 is 0 Å². The number of halogens is 1. The topological polar surface area (TPSA) is 44.8 Å². The highest BCUT2D eigenvalue weighted by molar-refractivity contribution is 9.10. The molecule has 122 valence electrons. The third-order valence-corrected chi connectivity index (χ3v) is 4.54. The van der Waals surface area contributed by atoms with Gasteiger partial charge in [-0.1, -0.05) is 0 Å². The van der Waals surface area contributed by atoms with Crippen LogP contribution in [0.3, 0.4) is 0 Å². The average Bonchev–Trinajstić information content (AvgIpc) is 2.84. The van der Waals surface area contributed by atoms with Crippen LogP contribution in [0, 0.1) is 0 Å². The van der Waals surface area contributed by atoms with E-state index in [9.17, 15) is 4.79 Å². The van der Waals surface area contributed by atoms with Crippen molar-refractivity contribution < 1.29 is 19.0 Å². The highest BCUT2D eigenvalue weighted by Crippen LogP contribution is 2.41. The fraction of sp³-hybridized carbons (Fsp3) is 0.588. The summed E-state index contributed by atoms with van der Waals surface area (Å²) in [5, 5.41) is 0. The second-order valence-electron chi connectivity index (χ2n) is 5.55. The fourth-order valence-corrected chi connectivity index (χ4v) is 3.39. The summed E-state index contributed by atoms with van der Waals surface area (Å²) in [6.45, 7) is 4.48. The molecule has 5 heteroatoms. The molecule has 0 radical (unpaired) electrons. The largest absolute Gasteiger partial charge is 0.487 e. The van der Waals surface area contributed by atoms with Crippen LogP contribution in [0.1, 0.15) is 43.7 Å². The van der Waals surface area contributed by atoms with Crippen LogP contribution in [0.4, 0.5) is 0 Å². The molecule has 2 unspecified atom stereocenters. The van der Waals surface area contributed by atoms with Crippen molar-refractivity contribution in [2.75, 3.05) is 20.3 Å². The number of rotatable bonds is 8. The quantitative estimate of drug-likeness (QED) is 0.652. The maximum Gasteiger partial charge on any atom is 0.191 e. The molecule has 1 aliphatic rings. The number of Topliss-reactive ketones (excluding diaryl/α,β-unsaturated/α-hetero) is 1. The first-order chi connectivity index (χ1) is 10.5. The third-order valence-electron chi connectivity index (χ3n) is 3.92. The van der Waals surface area contributed by atoms with Gasteiger partial charge in [0.05, 0.1) is 4.47 Å². The Bertz CT molecular complexity index is 530. The molecule has 4 nitrogen and oxygen atoms in total. The van der Waals surface area contributed by atoms with Crippen LogP contribution < -0.4 is 4.74 Å².